The first-order chi connectivity index (χ1) is 10.1. The van der Waals surface area contributed by atoms with Gasteiger partial charge in [-0.25, -0.2) is 9.67 Å². The van der Waals surface area contributed by atoms with Crippen LogP contribution in [0.2, 0.25) is 0 Å². The molecule has 21 heavy (non-hydrogen) atoms. The molecule has 0 aliphatic rings. The summed E-state index contributed by atoms with van der Waals surface area (Å²) in [4.78, 5) is 28.3. The van der Waals surface area contributed by atoms with Crippen molar-refractivity contribution >= 4 is 17.6 Å². The Bertz CT molecular complexity index is 608. The van der Waals surface area contributed by atoms with Crippen molar-refractivity contribution in [2.24, 2.45) is 0 Å². The van der Waals surface area contributed by atoms with E-state index in [2.05, 4.69) is 10.1 Å². The summed E-state index contributed by atoms with van der Waals surface area (Å²) in [6, 6.07) is 7.37. The fourth-order valence-electron chi connectivity index (χ4n) is 1.87. The molecule has 1 N–H and O–H groups in total. The number of carboxylic acid groups (broad SMARTS) is 1. The number of aromatic nitrogens is 3. The van der Waals surface area contributed by atoms with Crippen LogP contribution in [0.1, 0.15) is 12.0 Å². The molecule has 0 atom stereocenters. The van der Waals surface area contributed by atoms with E-state index in [1.54, 1.807) is 12.1 Å². The number of carbonyl (C=O) groups excluding carboxylic acids is 1. The van der Waals surface area contributed by atoms with Gasteiger partial charge in [0.15, 0.2) is 0 Å². The van der Waals surface area contributed by atoms with Gasteiger partial charge in [-0.2, -0.15) is 5.10 Å². The van der Waals surface area contributed by atoms with Crippen LogP contribution in [-0.4, -0.2) is 38.3 Å². The number of anilines is 1. The van der Waals surface area contributed by atoms with Crippen LogP contribution < -0.4 is 4.90 Å². The molecule has 0 unspecified atom stereocenters. The number of rotatable bonds is 6. The summed E-state index contributed by atoms with van der Waals surface area (Å²) in [5.41, 5.74) is 1.74. The number of hydrogen-bond acceptors (Lipinski definition) is 4. The van der Waals surface area contributed by atoms with Gasteiger partial charge in [-0.15, -0.1) is 0 Å². The van der Waals surface area contributed by atoms with Crippen molar-refractivity contribution in [3.63, 3.8) is 0 Å². The maximum Gasteiger partial charge on any atom is 0.305 e. The molecule has 2 aromatic rings. The molecule has 0 aliphatic carbocycles. The van der Waals surface area contributed by atoms with Gasteiger partial charge in [-0.3, -0.25) is 9.59 Å². The van der Waals surface area contributed by atoms with Gasteiger partial charge >= 0.3 is 5.97 Å². The largest absolute Gasteiger partial charge is 0.481 e. The average Bonchev–Trinajstić information content (AvgIpc) is 2.93. The molecule has 0 saturated carbocycles. The summed E-state index contributed by atoms with van der Waals surface area (Å²) in [6.45, 7) is 2.09. The first kappa shape index (κ1) is 14.7. The second-order valence-corrected chi connectivity index (χ2v) is 4.62. The predicted molar refractivity (Wildman–Crippen MR) is 75.8 cm³/mol. The van der Waals surface area contributed by atoms with E-state index in [1.807, 2.05) is 19.1 Å². The topological polar surface area (TPSA) is 88.3 Å². The van der Waals surface area contributed by atoms with Gasteiger partial charge in [0.25, 0.3) is 0 Å². The van der Waals surface area contributed by atoms with Crippen molar-refractivity contribution in [3.8, 4) is 0 Å². The van der Waals surface area contributed by atoms with E-state index < -0.39 is 5.97 Å². The number of nitrogens with zero attached hydrogens (tertiary/aromatic N) is 4. The summed E-state index contributed by atoms with van der Waals surface area (Å²) in [7, 11) is 0. The lowest BCUT2D eigenvalue weighted by Crippen LogP contribution is -2.35. The molecule has 0 bridgehead atoms. The highest BCUT2D eigenvalue weighted by molar-refractivity contribution is 5.93. The Morgan fingerprint density at radius 1 is 1.29 bits per heavy atom. The zero-order valence-corrected chi connectivity index (χ0v) is 11.6. The zero-order chi connectivity index (χ0) is 15.2. The molecule has 1 heterocycles. The molecule has 2 rings (SSSR count). The molecule has 0 aliphatic heterocycles. The number of hydrogen-bond donors (Lipinski definition) is 1. The fourth-order valence-corrected chi connectivity index (χ4v) is 1.87. The number of aliphatic carboxylic acids is 1. The fraction of sp³-hybridized carbons (Fsp3) is 0.286. The molecular formula is C14H16N4O3. The number of amides is 1. The van der Waals surface area contributed by atoms with Crippen molar-refractivity contribution in [1.82, 2.24) is 14.8 Å². The van der Waals surface area contributed by atoms with Crippen LogP contribution >= 0.6 is 0 Å². The van der Waals surface area contributed by atoms with E-state index in [1.165, 1.54) is 22.2 Å². The Labute approximate surface area is 121 Å². The van der Waals surface area contributed by atoms with Gasteiger partial charge in [0.2, 0.25) is 5.91 Å². The quantitative estimate of drug-likeness (QED) is 0.859. The lowest BCUT2D eigenvalue weighted by molar-refractivity contribution is -0.136. The molecule has 0 radical (unpaired) electrons. The van der Waals surface area contributed by atoms with Crippen LogP contribution in [0.15, 0.2) is 36.9 Å². The smallest absolute Gasteiger partial charge is 0.305 e. The van der Waals surface area contributed by atoms with Crippen LogP contribution in [0.4, 0.5) is 5.69 Å². The third-order valence-electron chi connectivity index (χ3n) is 2.96. The molecule has 1 aromatic heterocycles. The van der Waals surface area contributed by atoms with Gasteiger partial charge in [0, 0.05) is 12.2 Å². The van der Waals surface area contributed by atoms with Crippen LogP contribution in [0.5, 0.6) is 0 Å². The maximum atomic E-state index is 12.4. The molecule has 7 heteroatoms. The zero-order valence-electron chi connectivity index (χ0n) is 11.6. The van der Waals surface area contributed by atoms with Crippen molar-refractivity contribution in [1.29, 1.82) is 0 Å². The highest BCUT2D eigenvalue weighted by Gasteiger charge is 2.17. The Morgan fingerprint density at radius 3 is 2.57 bits per heavy atom. The van der Waals surface area contributed by atoms with Crippen molar-refractivity contribution in [3.05, 3.63) is 42.5 Å². The van der Waals surface area contributed by atoms with Crippen LogP contribution in [0.3, 0.4) is 0 Å². The van der Waals surface area contributed by atoms with E-state index in [4.69, 9.17) is 5.11 Å². The molecule has 110 valence electrons. The third-order valence-corrected chi connectivity index (χ3v) is 2.96. The molecule has 1 amide bonds. The number of benzene rings is 1. The minimum atomic E-state index is -0.944. The standard InChI is InChI=1S/C14H16N4O3/c1-11-2-4-12(5-3-11)18(7-6-14(20)21)13(19)8-17-10-15-9-16-17/h2-5,9-10H,6-8H2,1H3,(H,20,21). The predicted octanol–water partition coefficient (Wildman–Crippen LogP) is 1.09. The van der Waals surface area contributed by atoms with Gasteiger partial charge in [-0.1, -0.05) is 17.7 Å². The highest BCUT2D eigenvalue weighted by atomic mass is 16.4. The second kappa shape index (κ2) is 6.65. The lowest BCUT2D eigenvalue weighted by Gasteiger charge is -2.22. The first-order valence-electron chi connectivity index (χ1n) is 6.47. The van der Waals surface area contributed by atoms with Gasteiger partial charge in [0.05, 0.1) is 6.42 Å². The SMILES string of the molecule is Cc1ccc(N(CCC(=O)O)C(=O)Cn2cncn2)cc1. The number of carboxylic acids is 1. The van der Waals surface area contributed by atoms with Gasteiger partial charge < -0.3 is 10.0 Å². The monoisotopic (exact) mass is 288 g/mol. The summed E-state index contributed by atoms with van der Waals surface area (Å²) < 4.78 is 1.41. The van der Waals surface area contributed by atoms with Crippen molar-refractivity contribution < 1.29 is 14.7 Å². The summed E-state index contributed by atoms with van der Waals surface area (Å²) >= 11 is 0. The number of aryl methyl sites for hydroxylation is 1. The normalized spacial score (nSPS) is 10.3. The maximum absolute atomic E-state index is 12.4. The van der Waals surface area contributed by atoms with Crippen molar-refractivity contribution in [2.75, 3.05) is 11.4 Å². The molecule has 0 spiro atoms. The molecular weight excluding hydrogens is 272 g/mol. The Hall–Kier alpha value is -2.70. The number of carbonyl (C=O) groups is 2. The van der Waals surface area contributed by atoms with E-state index in [0.717, 1.165) is 5.56 Å². The van der Waals surface area contributed by atoms with Crippen LogP contribution in [0.25, 0.3) is 0 Å². The van der Waals surface area contributed by atoms with Crippen molar-refractivity contribution in [2.45, 2.75) is 19.9 Å². The summed E-state index contributed by atoms with van der Waals surface area (Å²) in [5.74, 6) is -1.17. The summed E-state index contributed by atoms with van der Waals surface area (Å²) in [5, 5.41) is 12.7. The van der Waals surface area contributed by atoms with Gasteiger partial charge in [0.1, 0.15) is 19.2 Å². The van der Waals surface area contributed by atoms with E-state index in [0.29, 0.717) is 5.69 Å². The molecule has 7 nitrogen and oxygen atoms in total. The minimum absolute atomic E-state index is 0.0213. The highest BCUT2D eigenvalue weighted by Crippen LogP contribution is 2.16. The second-order valence-electron chi connectivity index (χ2n) is 4.62. The Morgan fingerprint density at radius 2 is 2.00 bits per heavy atom. The van der Waals surface area contributed by atoms with Crippen LogP contribution in [-0.2, 0) is 16.1 Å². The molecule has 0 fully saturated rings. The first-order valence-corrected chi connectivity index (χ1v) is 6.47. The Balaban J connectivity index is 2.16. The third kappa shape index (κ3) is 4.13. The average molecular weight is 288 g/mol. The minimum Gasteiger partial charge on any atom is -0.481 e. The van der Waals surface area contributed by atoms with E-state index in [9.17, 15) is 9.59 Å². The van der Waals surface area contributed by atoms with E-state index in [-0.39, 0.29) is 25.4 Å². The van der Waals surface area contributed by atoms with E-state index >= 15 is 0 Å². The Kier molecular flexibility index (Phi) is 4.65. The molecule has 1 aromatic carbocycles. The van der Waals surface area contributed by atoms with Gasteiger partial charge in [-0.05, 0) is 19.1 Å². The lowest BCUT2D eigenvalue weighted by atomic mass is 10.2. The summed E-state index contributed by atoms with van der Waals surface area (Å²) in [6.07, 6.45) is 2.68. The molecule has 0 saturated heterocycles. The van der Waals surface area contributed by atoms with Crippen LogP contribution in [0, 0.1) is 6.92 Å².